The van der Waals surface area contributed by atoms with E-state index in [-0.39, 0.29) is 29.9 Å². The highest BCUT2D eigenvalue weighted by Crippen LogP contribution is 2.44. The number of carbonyl (C=O) groups is 1. The number of morpholine rings is 1. The minimum absolute atomic E-state index is 0.0262. The first-order valence-electron chi connectivity index (χ1n) is 11.8. The van der Waals surface area contributed by atoms with Crippen molar-refractivity contribution >= 4 is 11.7 Å². The number of rotatable bonds is 3. The van der Waals surface area contributed by atoms with E-state index < -0.39 is 0 Å². The van der Waals surface area contributed by atoms with E-state index in [2.05, 4.69) is 24.3 Å². The van der Waals surface area contributed by atoms with Crippen molar-refractivity contribution in [3.05, 3.63) is 101 Å². The van der Waals surface area contributed by atoms with E-state index in [1.165, 1.54) is 28.3 Å². The Labute approximate surface area is 198 Å². The number of fused-ring (bicyclic) bond motifs is 5. The molecule has 1 amide bonds. The van der Waals surface area contributed by atoms with Gasteiger partial charge in [-0.05, 0) is 58.4 Å². The van der Waals surface area contributed by atoms with Gasteiger partial charge in [0.05, 0.1) is 25.3 Å². The highest BCUT2D eigenvalue weighted by Gasteiger charge is 2.40. The maximum atomic E-state index is 14.2. The number of benzene rings is 3. The Hall–Kier alpha value is -3.44. The van der Waals surface area contributed by atoms with Crippen LogP contribution in [-0.2, 0) is 9.47 Å². The molecule has 2 atom stereocenters. The van der Waals surface area contributed by atoms with Gasteiger partial charge in [0.2, 0.25) is 0 Å². The second kappa shape index (κ2) is 8.41. The quantitative estimate of drug-likeness (QED) is 0.491. The number of amides is 1. The zero-order valence-electron chi connectivity index (χ0n) is 19.0. The molecule has 2 unspecified atom stereocenters. The summed E-state index contributed by atoms with van der Waals surface area (Å²) in [5.41, 5.74) is 7.43. The second-order valence-corrected chi connectivity index (χ2v) is 9.28. The fourth-order valence-corrected chi connectivity index (χ4v) is 5.70. The van der Waals surface area contributed by atoms with Crippen LogP contribution in [0.4, 0.5) is 9.18 Å². The average Bonchev–Trinajstić information content (AvgIpc) is 3.17. The molecule has 2 aliphatic heterocycles. The molecule has 3 aromatic carbocycles. The molecule has 4 nitrogen and oxygen atoms in total. The van der Waals surface area contributed by atoms with E-state index in [0.717, 1.165) is 11.1 Å². The maximum Gasteiger partial charge on any atom is 0.410 e. The van der Waals surface area contributed by atoms with Crippen LogP contribution in [0.2, 0.25) is 0 Å². The Balaban J connectivity index is 1.23. The van der Waals surface area contributed by atoms with Crippen LogP contribution < -0.4 is 0 Å². The highest BCUT2D eigenvalue weighted by atomic mass is 19.1. The zero-order chi connectivity index (χ0) is 23.2. The molecule has 172 valence electrons. The molecular formula is C29H26FNO3. The Kier molecular flexibility index (Phi) is 5.22. The number of ether oxygens (including phenoxy) is 2. The molecule has 2 bridgehead atoms. The van der Waals surface area contributed by atoms with Gasteiger partial charge in [0.1, 0.15) is 12.4 Å². The van der Waals surface area contributed by atoms with Gasteiger partial charge in [0.25, 0.3) is 0 Å². The van der Waals surface area contributed by atoms with E-state index >= 15 is 0 Å². The van der Waals surface area contributed by atoms with Crippen molar-refractivity contribution in [2.75, 3.05) is 19.8 Å². The molecule has 2 heterocycles. The number of hydrogen-bond donors (Lipinski definition) is 0. The summed E-state index contributed by atoms with van der Waals surface area (Å²) in [5.74, 6) is -0.183. The summed E-state index contributed by atoms with van der Waals surface area (Å²) in [6.07, 6.45) is 2.34. The van der Waals surface area contributed by atoms with Crippen molar-refractivity contribution in [1.29, 1.82) is 0 Å². The van der Waals surface area contributed by atoms with Gasteiger partial charge in [0.15, 0.2) is 0 Å². The number of halogens is 1. The lowest BCUT2D eigenvalue weighted by Crippen LogP contribution is -2.56. The predicted molar refractivity (Wildman–Crippen MR) is 129 cm³/mol. The van der Waals surface area contributed by atoms with Gasteiger partial charge in [-0.3, -0.25) is 4.90 Å². The van der Waals surface area contributed by atoms with Crippen molar-refractivity contribution in [3.8, 4) is 11.1 Å². The second-order valence-electron chi connectivity index (χ2n) is 9.28. The molecule has 34 heavy (non-hydrogen) atoms. The first-order valence-corrected chi connectivity index (χ1v) is 11.8. The normalized spacial score (nSPS) is 21.0. The largest absolute Gasteiger partial charge is 0.448 e. The van der Waals surface area contributed by atoms with Crippen LogP contribution in [0.15, 0.2) is 72.8 Å². The lowest BCUT2D eigenvalue weighted by atomic mass is 9.88. The van der Waals surface area contributed by atoms with Gasteiger partial charge in [-0.25, -0.2) is 9.18 Å². The van der Waals surface area contributed by atoms with Gasteiger partial charge in [-0.1, -0.05) is 66.7 Å². The fourth-order valence-electron chi connectivity index (χ4n) is 5.70. The molecule has 1 aliphatic carbocycles. The van der Waals surface area contributed by atoms with Crippen molar-refractivity contribution in [2.24, 2.45) is 0 Å². The zero-order valence-corrected chi connectivity index (χ0v) is 19.0. The van der Waals surface area contributed by atoms with E-state index in [1.54, 1.807) is 13.0 Å². The van der Waals surface area contributed by atoms with E-state index in [4.69, 9.17) is 9.47 Å². The minimum Gasteiger partial charge on any atom is -0.448 e. The molecule has 1 fully saturated rings. The molecule has 3 aliphatic rings. The van der Waals surface area contributed by atoms with Crippen LogP contribution in [0.25, 0.3) is 16.7 Å². The summed E-state index contributed by atoms with van der Waals surface area (Å²) in [6, 6.07) is 21.5. The highest BCUT2D eigenvalue weighted by molar-refractivity contribution is 5.79. The predicted octanol–water partition coefficient (Wildman–Crippen LogP) is 5.94. The van der Waals surface area contributed by atoms with Gasteiger partial charge >= 0.3 is 6.09 Å². The lowest BCUT2D eigenvalue weighted by Gasteiger charge is -2.44. The molecule has 0 aromatic heterocycles. The third-order valence-electron chi connectivity index (χ3n) is 7.36. The SMILES string of the molecule is Cc1c(F)cccc1C1=CC2COCC(C1)N2C(=O)OCC1c2ccccc2-c2ccccc21. The van der Waals surface area contributed by atoms with Gasteiger partial charge in [-0.2, -0.15) is 0 Å². The van der Waals surface area contributed by atoms with Gasteiger partial charge in [-0.15, -0.1) is 0 Å². The molecular weight excluding hydrogens is 429 g/mol. The molecule has 0 radical (unpaired) electrons. The van der Waals surface area contributed by atoms with Gasteiger partial charge < -0.3 is 9.47 Å². The smallest absolute Gasteiger partial charge is 0.410 e. The third kappa shape index (κ3) is 3.43. The maximum absolute atomic E-state index is 14.2. The topological polar surface area (TPSA) is 38.8 Å². The molecule has 3 aromatic rings. The summed E-state index contributed by atoms with van der Waals surface area (Å²) in [5, 5.41) is 0. The van der Waals surface area contributed by atoms with Crippen LogP contribution in [0.5, 0.6) is 0 Å². The van der Waals surface area contributed by atoms with Crippen molar-refractivity contribution < 1.29 is 18.7 Å². The molecule has 1 saturated heterocycles. The summed E-state index contributed by atoms with van der Waals surface area (Å²) in [6.45, 7) is 2.96. The molecule has 0 N–H and O–H groups in total. The number of hydrogen-bond acceptors (Lipinski definition) is 3. The first-order chi connectivity index (χ1) is 16.6. The van der Waals surface area contributed by atoms with E-state index in [1.807, 2.05) is 41.3 Å². The van der Waals surface area contributed by atoms with Crippen LogP contribution in [0.3, 0.4) is 0 Å². The molecule has 5 heteroatoms. The summed E-state index contributed by atoms with van der Waals surface area (Å²) < 4.78 is 25.9. The molecule has 6 rings (SSSR count). The monoisotopic (exact) mass is 455 g/mol. The summed E-state index contributed by atoms with van der Waals surface area (Å²) in [7, 11) is 0. The van der Waals surface area contributed by atoms with E-state index in [0.29, 0.717) is 31.8 Å². The standard InChI is InChI=1S/C29H26FNO3/c1-18-22(11-6-12-28(18)30)19-13-20-15-33-16-21(14-19)31(20)29(32)34-17-27-25-9-4-2-7-23(25)24-8-3-5-10-26(24)27/h2-13,20-21,27H,14-17H2,1H3. The fraction of sp³-hybridized carbons (Fsp3) is 0.276. The Morgan fingerprint density at radius 2 is 1.65 bits per heavy atom. The van der Waals surface area contributed by atoms with Crippen molar-refractivity contribution in [2.45, 2.75) is 31.3 Å². The molecule has 0 spiro atoms. The number of nitrogens with zero attached hydrogens (tertiary/aromatic N) is 1. The Morgan fingerprint density at radius 3 is 2.35 bits per heavy atom. The van der Waals surface area contributed by atoms with Crippen molar-refractivity contribution in [1.82, 2.24) is 4.90 Å². The third-order valence-corrected chi connectivity index (χ3v) is 7.36. The summed E-state index contributed by atoms with van der Waals surface area (Å²) >= 11 is 0. The lowest BCUT2D eigenvalue weighted by molar-refractivity contribution is -0.0331. The number of carbonyl (C=O) groups excluding carboxylic acids is 1. The van der Waals surface area contributed by atoms with Crippen LogP contribution in [0, 0.1) is 12.7 Å². The average molecular weight is 456 g/mol. The van der Waals surface area contributed by atoms with Crippen LogP contribution in [-0.4, -0.2) is 42.9 Å². The van der Waals surface area contributed by atoms with E-state index in [9.17, 15) is 9.18 Å². The van der Waals surface area contributed by atoms with Crippen LogP contribution >= 0.6 is 0 Å². The first kappa shape index (κ1) is 21.1. The van der Waals surface area contributed by atoms with Gasteiger partial charge in [0, 0.05) is 5.92 Å². The van der Waals surface area contributed by atoms with Crippen molar-refractivity contribution in [3.63, 3.8) is 0 Å². The van der Waals surface area contributed by atoms with Crippen LogP contribution in [0.1, 0.15) is 34.6 Å². The molecule has 0 saturated carbocycles. The summed E-state index contributed by atoms with van der Waals surface area (Å²) in [4.78, 5) is 15.1. The minimum atomic E-state index is -0.313. The Morgan fingerprint density at radius 1 is 0.971 bits per heavy atom. The Bertz CT molecular complexity index is 1250.